The van der Waals surface area contributed by atoms with Gasteiger partial charge in [0.2, 0.25) is 10.0 Å². The van der Waals surface area contributed by atoms with E-state index >= 15 is 0 Å². The number of rotatable bonds is 5. The maximum absolute atomic E-state index is 12.6. The van der Waals surface area contributed by atoms with Gasteiger partial charge in [0, 0.05) is 18.6 Å². The van der Waals surface area contributed by atoms with Crippen LogP contribution in [-0.2, 0) is 20.0 Å². The fourth-order valence-corrected chi connectivity index (χ4v) is 4.22. The van der Waals surface area contributed by atoms with Gasteiger partial charge in [-0.25, -0.2) is 16.8 Å². The molecule has 0 amide bonds. The third-order valence-electron chi connectivity index (χ3n) is 3.92. The Kier molecular flexibility index (Phi) is 4.63. The molecule has 2 aromatic carbocycles. The highest BCUT2D eigenvalue weighted by Gasteiger charge is 2.18. The largest absolute Gasteiger partial charge is 0.358 e. The highest BCUT2D eigenvalue weighted by Crippen LogP contribution is 2.30. The summed E-state index contributed by atoms with van der Waals surface area (Å²) in [7, 11) is -5.88. The predicted octanol–water partition coefficient (Wildman–Crippen LogP) is 3.02. The molecule has 138 valence electrons. The van der Waals surface area contributed by atoms with Crippen LogP contribution in [-0.4, -0.2) is 35.1 Å². The molecule has 0 aliphatic rings. The molecule has 0 spiro atoms. The van der Waals surface area contributed by atoms with Crippen molar-refractivity contribution in [2.24, 2.45) is 0 Å². The lowest BCUT2D eigenvalue weighted by Gasteiger charge is -2.17. The second kappa shape index (κ2) is 6.49. The number of para-hydroxylation sites is 1. The fraction of sp³-hybridized carbons (Fsp3) is 0.125. The molecule has 10 heteroatoms. The molecule has 1 aromatic heterocycles. The van der Waals surface area contributed by atoms with E-state index < -0.39 is 20.0 Å². The molecule has 1 heterocycles. The topological polar surface area (TPSA) is 99.3 Å². The van der Waals surface area contributed by atoms with Crippen molar-refractivity contribution in [2.45, 2.75) is 4.90 Å². The van der Waals surface area contributed by atoms with Crippen molar-refractivity contribution >= 4 is 53.9 Å². The summed E-state index contributed by atoms with van der Waals surface area (Å²) >= 11 is 6.05. The summed E-state index contributed by atoms with van der Waals surface area (Å²) in [6, 6.07) is 10.7. The maximum Gasteiger partial charge on any atom is 0.261 e. The molecular weight excluding hydrogens is 398 g/mol. The number of sulfonamides is 2. The van der Waals surface area contributed by atoms with Crippen LogP contribution in [0.4, 0.5) is 11.4 Å². The van der Waals surface area contributed by atoms with Gasteiger partial charge in [-0.05, 0) is 30.3 Å². The minimum Gasteiger partial charge on any atom is -0.358 e. The summed E-state index contributed by atoms with van der Waals surface area (Å²) < 4.78 is 52.0. The van der Waals surface area contributed by atoms with E-state index in [0.29, 0.717) is 27.3 Å². The number of anilines is 2. The summed E-state index contributed by atoms with van der Waals surface area (Å²) in [4.78, 5) is 2.95. The molecule has 0 bridgehead atoms. The Morgan fingerprint density at radius 1 is 1.04 bits per heavy atom. The van der Waals surface area contributed by atoms with Crippen molar-refractivity contribution < 1.29 is 16.8 Å². The number of nitrogens with one attached hydrogen (secondary N) is 2. The number of hydrogen-bond donors (Lipinski definition) is 2. The Labute approximate surface area is 156 Å². The number of H-pyrrole nitrogens is 1. The lowest BCUT2D eigenvalue weighted by atomic mass is 10.2. The molecule has 0 aliphatic heterocycles. The monoisotopic (exact) mass is 413 g/mol. The van der Waals surface area contributed by atoms with Crippen molar-refractivity contribution in [3.63, 3.8) is 0 Å². The van der Waals surface area contributed by atoms with E-state index in [4.69, 9.17) is 11.6 Å². The number of hydrogen-bond acceptors (Lipinski definition) is 4. The van der Waals surface area contributed by atoms with Gasteiger partial charge >= 0.3 is 0 Å². The lowest BCUT2D eigenvalue weighted by molar-refractivity contribution is 0.599. The SMILES string of the molecule is CN(c1ccc(S(=O)(=O)Nc2cccc3c(Cl)c[nH]c23)cc1)S(C)(=O)=O. The van der Waals surface area contributed by atoms with Crippen LogP contribution >= 0.6 is 11.6 Å². The molecule has 2 N–H and O–H groups in total. The van der Waals surface area contributed by atoms with E-state index in [2.05, 4.69) is 9.71 Å². The quantitative estimate of drug-likeness (QED) is 0.671. The highest BCUT2D eigenvalue weighted by atomic mass is 35.5. The number of benzene rings is 2. The van der Waals surface area contributed by atoms with Gasteiger partial charge in [-0.1, -0.05) is 23.7 Å². The summed E-state index contributed by atoms with van der Waals surface area (Å²) in [5.41, 5.74) is 1.31. The molecular formula is C16H16ClN3O4S2. The Bertz CT molecular complexity index is 1170. The summed E-state index contributed by atoms with van der Waals surface area (Å²) in [6.45, 7) is 0. The van der Waals surface area contributed by atoms with E-state index in [0.717, 1.165) is 10.6 Å². The molecule has 0 radical (unpaired) electrons. The Morgan fingerprint density at radius 2 is 1.69 bits per heavy atom. The molecule has 0 atom stereocenters. The summed E-state index contributed by atoms with van der Waals surface area (Å²) in [6.07, 6.45) is 2.65. The zero-order valence-corrected chi connectivity index (χ0v) is 16.3. The molecule has 3 aromatic rings. The number of aromatic nitrogens is 1. The van der Waals surface area contributed by atoms with Crippen LogP contribution in [0.3, 0.4) is 0 Å². The van der Waals surface area contributed by atoms with E-state index in [-0.39, 0.29) is 4.90 Å². The second-order valence-electron chi connectivity index (χ2n) is 5.69. The number of aromatic amines is 1. The molecule has 0 saturated carbocycles. The minimum absolute atomic E-state index is 0.0119. The van der Waals surface area contributed by atoms with Crippen LogP contribution in [0.2, 0.25) is 5.02 Å². The molecule has 0 saturated heterocycles. The van der Waals surface area contributed by atoms with Crippen molar-refractivity contribution in [1.82, 2.24) is 4.98 Å². The van der Waals surface area contributed by atoms with Crippen molar-refractivity contribution in [3.05, 3.63) is 53.7 Å². The van der Waals surface area contributed by atoms with Crippen LogP contribution in [0, 0.1) is 0 Å². The van der Waals surface area contributed by atoms with Gasteiger partial charge in [0.25, 0.3) is 10.0 Å². The molecule has 3 rings (SSSR count). The van der Waals surface area contributed by atoms with Crippen molar-refractivity contribution in [3.8, 4) is 0 Å². The predicted molar refractivity (Wildman–Crippen MR) is 104 cm³/mol. The van der Waals surface area contributed by atoms with Gasteiger partial charge in [-0.3, -0.25) is 9.03 Å². The zero-order valence-electron chi connectivity index (χ0n) is 13.9. The Balaban J connectivity index is 1.93. The number of halogens is 1. The third kappa shape index (κ3) is 3.50. The van der Waals surface area contributed by atoms with Gasteiger partial charge in [0.15, 0.2) is 0 Å². The summed E-state index contributed by atoms with van der Waals surface area (Å²) in [5, 5.41) is 1.20. The smallest absolute Gasteiger partial charge is 0.261 e. The fourth-order valence-electron chi connectivity index (χ4n) is 2.44. The van der Waals surface area contributed by atoms with Gasteiger partial charge in [0.1, 0.15) is 0 Å². The average molecular weight is 414 g/mol. The lowest BCUT2D eigenvalue weighted by Crippen LogP contribution is -2.24. The zero-order chi connectivity index (χ0) is 19.1. The second-order valence-corrected chi connectivity index (χ2v) is 9.80. The van der Waals surface area contributed by atoms with Crippen molar-refractivity contribution in [1.29, 1.82) is 0 Å². The van der Waals surface area contributed by atoms with Crippen LogP contribution in [0.5, 0.6) is 0 Å². The van der Waals surface area contributed by atoms with Crippen LogP contribution < -0.4 is 9.03 Å². The number of nitrogens with zero attached hydrogens (tertiary/aromatic N) is 1. The van der Waals surface area contributed by atoms with Gasteiger partial charge in [0.05, 0.1) is 33.1 Å². The standard InChI is InChI=1S/C16H16ClN3O4S2/c1-20(25(2,21)22)11-6-8-12(9-7-11)26(23,24)19-15-5-3-4-13-14(17)10-18-16(13)15/h3-10,18-19H,1-2H3. The van der Waals surface area contributed by atoms with Crippen LogP contribution in [0.15, 0.2) is 53.6 Å². The third-order valence-corrected chi connectivity index (χ3v) is 6.82. The van der Waals surface area contributed by atoms with E-state index in [1.165, 1.54) is 31.3 Å². The first-order chi connectivity index (χ1) is 12.1. The minimum atomic E-state index is -3.85. The Morgan fingerprint density at radius 3 is 2.31 bits per heavy atom. The van der Waals surface area contributed by atoms with Crippen molar-refractivity contribution in [2.75, 3.05) is 22.3 Å². The highest BCUT2D eigenvalue weighted by molar-refractivity contribution is 7.92. The Hall–Kier alpha value is -2.23. The van der Waals surface area contributed by atoms with Crippen LogP contribution in [0.1, 0.15) is 0 Å². The van der Waals surface area contributed by atoms with Gasteiger partial charge < -0.3 is 4.98 Å². The number of fused-ring (bicyclic) bond motifs is 1. The van der Waals surface area contributed by atoms with Gasteiger partial charge in [-0.15, -0.1) is 0 Å². The van der Waals surface area contributed by atoms with Crippen LogP contribution in [0.25, 0.3) is 10.9 Å². The maximum atomic E-state index is 12.6. The first kappa shape index (κ1) is 18.6. The van der Waals surface area contributed by atoms with E-state index in [9.17, 15) is 16.8 Å². The van der Waals surface area contributed by atoms with E-state index in [1.54, 1.807) is 24.4 Å². The molecule has 26 heavy (non-hydrogen) atoms. The first-order valence-corrected chi connectivity index (χ1v) is 11.1. The molecule has 0 fully saturated rings. The van der Waals surface area contributed by atoms with E-state index in [1.807, 2.05) is 0 Å². The first-order valence-electron chi connectivity index (χ1n) is 7.42. The van der Waals surface area contributed by atoms with Gasteiger partial charge in [-0.2, -0.15) is 0 Å². The molecule has 0 unspecified atom stereocenters. The normalized spacial score (nSPS) is 12.3. The summed E-state index contributed by atoms with van der Waals surface area (Å²) in [5.74, 6) is 0. The molecule has 0 aliphatic carbocycles. The average Bonchev–Trinajstić information content (AvgIpc) is 2.96. The molecule has 7 nitrogen and oxygen atoms in total.